The molecule has 0 aliphatic heterocycles. The summed E-state index contributed by atoms with van der Waals surface area (Å²) in [6, 6.07) is 2.25. The van der Waals surface area contributed by atoms with Crippen molar-refractivity contribution in [2.45, 2.75) is 70.7 Å². The van der Waals surface area contributed by atoms with Crippen molar-refractivity contribution in [1.29, 1.82) is 5.26 Å². The molecular formula is C13H23NO2. The zero-order valence-corrected chi connectivity index (χ0v) is 10.4. The lowest BCUT2D eigenvalue weighted by atomic mass is 9.94. The Kier molecular flexibility index (Phi) is 5.79. The predicted molar refractivity (Wildman–Crippen MR) is 62.8 cm³/mol. The Balaban J connectivity index is 2.49. The van der Waals surface area contributed by atoms with Crippen LogP contribution in [0.2, 0.25) is 0 Å². The first-order chi connectivity index (χ1) is 7.65. The molecule has 1 saturated carbocycles. The number of rotatable bonds is 4. The van der Waals surface area contributed by atoms with E-state index in [2.05, 4.69) is 6.07 Å². The van der Waals surface area contributed by atoms with Crippen LogP contribution in [0, 0.1) is 17.2 Å². The molecular weight excluding hydrogens is 202 g/mol. The number of nitriles is 1. The van der Waals surface area contributed by atoms with Crippen LogP contribution in [-0.4, -0.2) is 23.4 Å². The Morgan fingerprint density at radius 2 is 1.75 bits per heavy atom. The quantitative estimate of drug-likeness (QED) is 0.748. The summed E-state index contributed by atoms with van der Waals surface area (Å²) in [5.74, 6) is 0.355. The van der Waals surface area contributed by atoms with Gasteiger partial charge < -0.3 is 9.84 Å². The summed E-state index contributed by atoms with van der Waals surface area (Å²) >= 11 is 0. The largest absolute Gasteiger partial charge is 0.391 e. The van der Waals surface area contributed by atoms with Crippen molar-refractivity contribution in [3.8, 4) is 6.07 Å². The van der Waals surface area contributed by atoms with Crippen LogP contribution in [0.15, 0.2) is 0 Å². The number of hydrogen-bond acceptors (Lipinski definition) is 3. The number of hydrogen-bond donors (Lipinski definition) is 1. The van der Waals surface area contributed by atoms with Gasteiger partial charge in [0.15, 0.2) is 0 Å². The number of ether oxygens (including phenoxy) is 1. The fourth-order valence-corrected chi connectivity index (χ4v) is 2.21. The zero-order chi connectivity index (χ0) is 12.0. The van der Waals surface area contributed by atoms with E-state index in [-0.39, 0.29) is 12.2 Å². The topological polar surface area (TPSA) is 53.2 Å². The van der Waals surface area contributed by atoms with Crippen molar-refractivity contribution in [3.63, 3.8) is 0 Å². The summed E-state index contributed by atoms with van der Waals surface area (Å²) in [7, 11) is 0. The lowest BCUT2D eigenvalue weighted by Crippen LogP contribution is -2.32. The highest BCUT2D eigenvalue weighted by Crippen LogP contribution is 2.27. The second kappa shape index (κ2) is 6.88. The van der Waals surface area contributed by atoms with Gasteiger partial charge in [0.05, 0.1) is 18.3 Å². The van der Waals surface area contributed by atoms with Crippen LogP contribution in [0.1, 0.15) is 52.4 Å². The maximum atomic E-state index is 9.38. The maximum Gasteiger partial charge on any atom is 0.147 e. The summed E-state index contributed by atoms with van der Waals surface area (Å²) in [4.78, 5) is 0. The van der Waals surface area contributed by atoms with Crippen LogP contribution >= 0.6 is 0 Å². The normalized spacial score (nSPS) is 24.1. The van der Waals surface area contributed by atoms with Crippen molar-refractivity contribution < 1.29 is 9.84 Å². The van der Waals surface area contributed by atoms with Gasteiger partial charge >= 0.3 is 0 Å². The number of aliphatic hydroxyl groups is 1. The molecule has 3 atom stereocenters. The summed E-state index contributed by atoms with van der Waals surface area (Å²) in [6.07, 6.45) is 6.03. The third-order valence-corrected chi connectivity index (χ3v) is 3.50. The van der Waals surface area contributed by atoms with Crippen molar-refractivity contribution >= 4 is 0 Å². The van der Waals surface area contributed by atoms with E-state index in [0.717, 1.165) is 12.8 Å². The van der Waals surface area contributed by atoms with E-state index in [4.69, 9.17) is 10.00 Å². The Morgan fingerprint density at radius 1 is 1.19 bits per heavy atom. The first kappa shape index (κ1) is 13.5. The predicted octanol–water partition coefficient (Wildman–Crippen LogP) is 2.63. The highest BCUT2D eigenvalue weighted by molar-refractivity contribution is 4.91. The second-order valence-corrected chi connectivity index (χ2v) is 4.88. The van der Waals surface area contributed by atoms with Gasteiger partial charge in [0.25, 0.3) is 0 Å². The van der Waals surface area contributed by atoms with E-state index >= 15 is 0 Å². The van der Waals surface area contributed by atoms with E-state index < -0.39 is 6.10 Å². The molecule has 0 aromatic carbocycles. The molecule has 0 amide bonds. The lowest BCUT2D eigenvalue weighted by molar-refractivity contribution is -0.0618. The molecule has 0 radical (unpaired) electrons. The molecule has 1 N–H and O–H groups in total. The standard InChI is InChI=1S/C13H23NO2/c1-10(15)11(2)16-13(9-14)12-7-5-3-4-6-8-12/h10-13,15H,3-8H2,1-2H3. The third kappa shape index (κ3) is 4.11. The van der Waals surface area contributed by atoms with Crippen molar-refractivity contribution in [3.05, 3.63) is 0 Å². The van der Waals surface area contributed by atoms with Gasteiger partial charge in [0.2, 0.25) is 0 Å². The van der Waals surface area contributed by atoms with Gasteiger partial charge in [-0.25, -0.2) is 0 Å². The first-order valence-electron chi connectivity index (χ1n) is 6.38. The molecule has 0 saturated heterocycles. The smallest absolute Gasteiger partial charge is 0.147 e. The molecule has 0 bridgehead atoms. The van der Waals surface area contributed by atoms with Gasteiger partial charge in [-0.3, -0.25) is 0 Å². The van der Waals surface area contributed by atoms with E-state index in [9.17, 15) is 5.11 Å². The molecule has 1 aliphatic carbocycles. The summed E-state index contributed by atoms with van der Waals surface area (Å²) in [5.41, 5.74) is 0. The van der Waals surface area contributed by atoms with Crippen LogP contribution in [0.5, 0.6) is 0 Å². The Morgan fingerprint density at radius 3 is 2.19 bits per heavy atom. The lowest BCUT2D eigenvalue weighted by Gasteiger charge is -2.25. The van der Waals surface area contributed by atoms with E-state index in [0.29, 0.717) is 5.92 Å². The van der Waals surface area contributed by atoms with E-state index in [1.165, 1.54) is 25.7 Å². The molecule has 92 valence electrons. The van der Waals surface area contributed by atoms with Gasteiger partial charge in [-0.15, -0.1) is 0 Å². The van der Waals surface area contributed by atoms with Crippen LogP contribution in [0.4, 0.5) is 0 Å². The van der Waals surface area contributed by atoms with Crippen molar-refractivity contribution in [2.75, 3.05) is 0 Å². The van der Waals surface area contributed by atoms with Crippen molar-refractivity contribution in [1.82, 2.24) is 0 Å². The molecule has 0 aromatic heterocycles. The highest BCUT2D eigenvalue weighted by Gasteiger charge is 2.26. The molecule has 1 rings (SSSR count). The molecule has 0 aromatic rings. The van der Waals surface area contributed by atoms with Gasteiger partial charge in [0.1, 0.15) is 6.10 Å². The van der Waals surface area contributed by atoms with Gasteiger partial charge in [-0.1, -0.05) is 25.7 Å². The minimum atomic E-state index is -0.512. The average molecular weight is 225 g/mol. The molecule has 0 spiro atoms. The third-order valence-electron chi connectivity index (χ3n) is 3.50. The van der Waals surface area contributed by atoms with Gasteiger partial charge in [-0.05, 0) is 32.6 Å². The van der Waals surface area contributed by atoms with E-state index in [1.807, 2.05) is 6.92 Å². The molecule has 3 nitrogen and oxygen atoms in total. The minimum absolute atomic E-state index is 0.257. The molecule has 0 heterocycles. The van der Waals surface area contributed by atoms with Crippen LogP contribution in [0.25, 0.3) is 0 Å². The average Bonchev–Trinajstić information content (AvgIpc) is 2.53. The monoisotopic (exact) mass is 225 g/mol. The molecule has 3 heteroatoms. The molecule has 1 aliphatic rings. The van der Waals surface area contributed by atoms with Crippen LogP contribution < -0.4 is 0 Å². The van der Waals surface area contributed by atoms with E-state index in [1.54, 1.807) is 6.92 Å². The fraction of sp³-hybridized carbons (Fsp3) is 0.923. The Bertz CT molecular complexity index is 227. The van der Waals surface area contributed by atoms with Gasteiger partial charge in [-0.2, -0.15) is 5.26 Å². The Labute approximate surface area is 98.4 Å². The van der Waals surface area contributed by atoms with Crippen molar-refractivity contribution in [2.24, 2.45) is 5.92 Å². The number of nitrogens with zero attached hydrogens (tertiary/aromatic N) is 1. The maximum absolute atomic E-state index is 9.38. The summed E-state index contributed by atoms with van der Waals surface area (Å²) in [5, 5.41) is 18.5. The van der Waals surface area contributed by atoms with Crippen LogP contribution in [0.3, 0.4) is 0 Å². The molecule has 3 unspecified atom stereocenters. The molecule has 1 fully saturated rings. The number of aliphatic hydroxyl groups excluding tert-OH is 1. The summed E-state index contributed by atoms with van der Waals surface area (Å²) in [6.45, 7) is 3.53. The fourth-order valence-electron chi connectivity index (χ4n) is 2.21. The zero-order valence-electron chi connectivity index (χ0n) is 10.4. The minimum Gasteiger partial charge on any atom is -0.391 e. The highest BCUT2D eigenvalue weighted by atomic mass is 16.5. The summed E-state index contributed by atoms with van der Waals surface area (Å²) < 4.78 is 5.64. The first-order valence-corrected chi connectivity index (χ1v) is 6.38. The molecule has 16 heavy (non-hydrogen) atoms. The SMILES string of the molecule is CC(O)C(C)OC(C#N)C1CCCCCC1. The van der Waals surface area contributed by atoms with Crippen LogP contribution in [-0.2, 0) is 4.74 Å². The van der Waals surface area contributed by atoms with Gasteiger partial charge in [0, 0.05) is 0 Å². The second-order valence-electron chi connectivity index (χ2n) is 4.88. The Hall–Kier alpha value is -0.590.